The number of rotatable bonds is 6. The number of ether oxygens (including phenoxy) is 1. The van der Waals surface area contributed by atoms with Crippen molar-refractivity contribution in [2.24, 2.45) is 0 Å². The molecule has 0 amide bonds. The molecule has 7 heteroatoms. The summed E-state index contributed by atoms with van der Waals surface area (Å²) in [5.74, 6) is -0.265. The van der Waals surface area contributed by atoms with Gasteiger partial charge in [-0.2, -0.15) is 0 Å². The second-order valence-corrected chi connectivity index (χ2v) is 10.7. The van der Waals surface area contributed by atoms with Crippen molar-refractivity contribution < 1.29 is 23.0 Å². The quantitative estimate of drug-likeness (QED) is 0.492. The Morgan fingerprint density at radius 3 is 2.62 bits per heavy atom. The predicted octanol–water partition coefficient (Wildman–Crippen LogP) is 4.19. The SMILES string of the molecule is CCN(CC(=O)OC(C)C)c1ccc(Cl)cc1[CH]=[Ru]([Cl])[Cl]. The average molecular weight is 440 g/mol. The Bertz CT molecular complexity index is 531. The summed E-state index contributed by atoms with van der Waals surface area (Å²) < 4.78 is 7.01. The van der Waals surface area contributed by atoms with Gasteiger partial charge in [-0.15, -0.1) is 0 Å². The first-order valence-corrected chi connectivity index (χ1v) is 12.3. The number of nitrogens with zero attached hydrogens (tertiary/aromatic N) is 1. The summed E-state index contributed by atoms with van der Waals surface area (Å²) in [5.41, 5.74) is 1.73. The molecule has 0 aliphatic heterocycles. The van der Waals surface area contributed by atoms with Crippen molar-refractivity contribution in [1.82, 2.24) is 0 Å². The van der Waals surface area contributed by atoms with Gasteiger partial charge in [0.25, 0.3) is 0 Å². The van der Waals surface area contributed by atoms with Crippen molar-refractivity contribution in [3.05, 3.63) is 28.8 Å². The van der Waals surface area contributed by atoms with Crippen LogP contribution in [-0.2, 0) is 23.0 Å². The van der Waals surface area contributed by atoms with Crippen molar-refractivity contribution in [2.75, 3.05) is 18.0 Å². The Balaban J connectivity index is 3.05. The Hall–Kier alpha value is -0.147. The summed E-state index contributed by atoms with van der Waals surface area (Å²) in [6, 6.07) is 5.45. The molecule has 0 fully saturated rings. The Kier molecular flexibility index (Phi) is 8.19. The number of esters is 1. The van der Waals surface area contributed by atoms with Crippen LogP contribution >= 0.6 is 31.0 Å². The average Bonchev–Trinajstić information content (AvgIpc) is 2.35. The standard InChI is InChI=1S/C14H18ClNO2.2ClH.Ru/c1-5-16(9-14(17)18-10(2)3)13-7-6-12(15)8-11(13)4;;;/h4,6-8,10H,5,9H2,1-3H3;2*1H;/q;;;+2/p-2. The minimum absolute atomic E-state index is 0.129. The van der Waals surface area contributed by atoms with Gasteiger partial charge in [-0.05, 0) is 0 Å². The van der Waals surface area contributed by atoms with Gasteiger partial charge in [0, 0.05) is 0 Å². The molecule has 0 spiro atoms. The molecule has 1 aromatic rings. The van der Waals surface area contributed by atoms with Crippen molar-refractivity contribution in [3.63, 3.8) is 0 Å². The summed E-state index contributed by atoms with van der Waals surface area (Å²) in [4.78, 5) is 13.8. The van der Waals surface area contributed by atoms with E-state index in [-0.39, 0.29) is 18.6 Å². The van der Waals surface area contributed by atoms with Crippen LogP contribution < -0.4 is 4.90 Å². The molecule has 0 saturated carbocycles. The van der Waals surface area contributed by atoms with Crippen LogP contribution in [0, 0.1) is 0 Å². The van der Waals surface area contributed by atoms with Gasteiger partial charge in [-0.1, -0.05) is 0 Å². The third kappa shape index (κ3) is 6.65. The molecule has 0 atom stereocenters. The zero-order valence-corrected chi connectivity index (χ0v) is 16.1. The summed E-state index contributed by atoms with van der Waals surface area (Å²) in [6.07, 6.45) is -0.129. The van der Waals surface area contributed by atoms with Crippen LogP contribution in [0.15, 0.2) is 18.2 Å². The molecule has 0 unspecified atom stereocenters. The number of benzene rings is 1. The molecule has 0 aliphatic rings. The summed E-state index contributed by atoms with van der Waals surface area (Å²) in [5, 5.41) is 0.606. The molecule has 1 aromatic carbocycles. The van der Waals surface area contributed by atoms with Crippen molar-refractivity contribution in [3.8, 4) is 0 Å². The first kappa shape index (κ1) is 18.9. The molecule has 0 aromatic heterocycles. The first-order valence-electron chi connectivity index (χ1n) is 6.40. The summed E-state index contributed by atoms with van der Waals surface area (Å²) in [6.45, 7) is 6.46. The van der Waals surface area contributed by atoms with E-state index in [1.807, 2.05) is 36.3 Å². The number of likely N-dealkylation sites (N-methyl/N-ethyl adjacent to an activating group) is 1. The van der Waals surface area contributed by atoms with E-state index in [2.05, 4.69) is 0 Å². The van der Waals surface area contributed by atoms with Gasteiger partial charge in [0.05, 0.1) is 0 Å². The molecule has 0 N–H and O–H groups in total. The summed E-state index contributed by atoms with van der Waals surface area (Å²) in [7, 11) is 11.9. The third-order valence-corrected chi connectivity index (χ3v) is 4.65. The van der Waals surface area contributed by atoms with E-state index in [0.29, 0.717) is 11.6 Å². The molecule has 0 saturated heterocycles. The van der Waals surface area contributed by atoms with Gasteiger partial charge in [-0.3, -0.25) is 0 Å². The summed E-state index contributed by atoms with van der Waals surface area (Å²) >= 11 is 4.04. The Labute approximate surface area is 143 Å². The number of anilines is 1. The fourth-order valence-electron chi connectivity index (χ4n) is 1.80. The van der Waals surface area contributed by atoms with Crippen LogP contribution in [0.1, 0.15) is 26.3 Å². The van der Waals surface area contributed by atoms with E-state index in [1.54, 1.807) is 12.1 Å². The molecule has 3 nitrogen and oxygen atoms in total. The van der Waals surface area contributed by atoms with E-state index >= 15 is 0 Å². The molecule has 1 rings (SSSR count). The van der Waals surface area contributed by atoms with E-state index in [1.165, 1.54) is 0 Å². The second kappa shape index (κ2) is 9.10. The molecule has 120 valence electrons. The van der Waals surface area contributed by atoms with Gasteiger partial charge >= 0.3 is 144 Å². The van der Waals surface area contributed by atoms with E-state index in [0.717, 1.165) is 11.3 Å². The third-order valence-electron chi connectivity index (χ3n) is 2.59. The number of halogens is 3. The van der Waals surface area contributed by atoms with Gasteiger partial charge < -0.3 is 0 Å². The number of hydrogen-bond donors (Lipinski definition) is 0. The normalized spacial score (nSPS) is 11.3. The maximum atomic E-state index is 11.9. The molecule has 0 aliphatic carbocycles. The van der Waals surface area contributed by atoms with Crippen molar-refractivity contribution >= 4 is 47.2 Å². The number of hydrogen-bond acceptors (Lipinski definition) is 3. The van der Waals surface area contributed by atoms with Crippen LogP contribution in [-0.4, -0.2) is 29.8 Å². The zero-order chi connectivity index (χ0) is 16.0. The monoisotopic (exact) mass is 439 g/mol. The van der Waals surface area contributed by atoms with Crippen LogP contribution in [0.25, 0.3) is 0 Å². The van der Waals surface area contributed by atoms with Gasteiger partial charge in [0.1, 0.15) is 0 Å². The van der Waals surface area contributed by atoms with Gasteiger partial charge in [0.2, 0.25) is 0 Å². The second-order valence-electron chi connectivity index (χ2n) is 4.56. The maximum absolute atomic E-state index is 11.9. The van der Waals surface area contributed by atoms with Crippen LogP contribution in [0.2, 0.25) is 5.02 Å². The number of carbonyl (C=O) groups is 1. The fraction of sp³-hybridized carbons (Fsp3) is 0.429. The van der Waals surface area contributed by atoms with E-state index < -0.39 is 13.5 Å². The molecular formula is C14H18Cl3NO2Ru. The van der Waals surface area contributed by atoms with Gasteiger partial charge in [0.15, 0.2) is 0 Å². The first-order chi connectivity index (χ1) is 9.83. The van der Waals surface area contributed by atoms with Crippen LogP contribution in [0.4, 0.5) is 5.69 Å². The Morgan fingerprint density at radius 2 is 2.10 bits per heavy atom. The van der Waals surface area contributed by atoms with Crippen LogP contribution in [0.3, 0.4) is 0 Å². The van der Waals surface area contributed by atoms with Crippen LogP contribution in [0.5, 0.6) is 0 Å². The molecule has 0 bridgehead atoms. The molecule has 0 radical (unpaired) electrons. The molecule has 0 heterocycles. The van der Waals surface area contributed by atoms with E-state index in [4.69, 9.17) is 35.7 Å². The predicted molar refractivity (Wildman–Crippen MR) is 87.4 cm³/mol. The van der Waals surface area contributed by atoms with Gasteiger partial charge in [-0.25, -0.2) is 0 Å². The van der Waals surface area contributed by atoms with E-state index in [9.17, 15) is 4.79 Å². The topological polar surface area (TPSA) is 29.5 Å². The molecule has 21 heavy (non-hydrogen) atoms. The fourth-order valence-corrected chi connectivity index (χ4v) is 3.78. The Morgan fingerprint density at radius 1 is 1.43 bits per heavy atom. The van der Waals surface area contributed by atoms with Crippen molar-refractivity contribution in [1.29, 1.82) is 0 Å². The zero-order valence-electron chi connectivity index (χ0n) is 12.1. The number of carbonyl (C=O) groups excluding carboxylic acids is 1. The minimum atomic E-state index is -1.98. The molecular weight excluding hydrogens is 422 g/mol. The van der Waals surface area contributed by atoms with Crippen molar-refractivity contribution in [2.45, 2.75) is 26.9 Å².